The van der Waals surface area contributed by atoms with Crippen molar-refractivity contribution in [2.24, 2.45) is 0 Å². The Labute approximate surface area is 169 Å². The van der Waals surface area contributed by atoms with Crippen LogP contribution < -0.4 is 10.6 Å². The van der Waals surface area contributed by atoms with Crippen molar-refractivity contribution < 1.29 is 18.0 Å². The fourth-order valence-corrected chi connectivity index (χ4v) is 4.26. The second-order valence-electron chi connectivity index (χ2n) is 6.85. The lowest BCUT2D eigenvalue weighted by Crippen LogP contribution is -2.36. The summed E-state index contributed by atoms with van der Waals surface area (Å²) in [5.74, 6) is -0.336. The third kappa shape index (κ3) is 4.14. The molecule has 2 atom stereocenters. The van der Waals surface area contributed by atoms with E-state index in [-0.39, 0.29) is 17.8 Å². The van der Waals surface area contributed by atoms with Crippen molar-refractivity contribution in [2.75, 3.05) is 11.9 Å². The summed E-state index contributed by atoms with van der Waals surface area (Å²) in [4.78, 5) is 13.4. The zero-order valence-corrected chi connectivity index (χ0v) is 16.1. The van der Waals surface area contributed by atoms with Crippen molar-refractivity contribution in [1.29, 1.82) is 0 Å². The molecule has 4 rings (SSSR count). The number of nitrogens with zero attached hydrogens (tertiary/aromatic N) is 2. The molecule has 2 N–H and O–H groups in total. The van der Waals surface area contributed by atoms with E-state index >= 15 is 0 Å². The summed E-state index contributed by atoms with van der Waals surface area (Å²) in [6.07, 6.45) is -2.80. The number of thiophene rings is 1. The number of hydrogen-bond acceptors (Lipinski definition) is 4. The van der Waals surface area contributed by atoms with Gasteiger partial charge in [0.05, 0.1) is 12.2 Å². The number of fused-ring (bicyclic) bond motifs is 1. The molecule has 1 aliphatic heterocycles. The van der Waals surface area contributed by atoms with Crippen molar-refractivity contribution >= 4 is 23.1 Å². The van der Waals surface area contributed by atoms with E-state index in [1.807, 2.05) is 35.7 Å². The molecule has 0 unspecified atom stereocenters. The average Bonchev–Trinajstić information content (AvgIpc) is 3.37. The summed E-state index contributed by atoms with van der Waals surface area (Å²) in [6.45, 7) is 0.379. The first-order valence-corrected chi connectivity index (χ1v) is 10.1. The largest absolute Gasteiger partial charge is 0.410 e. The molecule has 0 spiro atoms. The van der Waals surface area contributed by atoms with Crippen LogP contribution in [0.4, 0.5) is 19.0 Å². The quantitative estimate of drug-likeness (QED) is 0.635. The van der Waals surface area contributed by atoms with Gasteiger partial charge in [0.25, 0.3) is 5.91 Å². The second-order valence-corrected chi connectivity index (χ2v) is 7.83. The average molecular weight is 420 g/mol. The maximum Gasteiger partial charge on any atom is 0.410 e. The number of nitrogens with one attached hydrogen (secondary N) is 2. The number of alkyl halides is 3. The molecule has 0 radical (unpaired) electrons. The number of amides is 1. The van der Waals surface area contributed by atoms with Crippen molar-refractivity contribution in [3.8, 4) is 0 Å². The second kappa shape index (κ2) is 7.90. The van der Waals surface area contributed by atoms with E-state index in [0.717, 1.165) is 15.1 Å². The van der Waals surface area contributed by atoms with Gasteiger partial charge in [0.15, 0.2) is 6.04 Å². The van der Waals surface area contributed by atoms with Gasteiger partial charge in [0.1, 0.15) is 11.4 Å². The van der Waals surface area contributed by atoms with Crippen LogP contribution in [0.2, 0.25) is 0 Å². The SMILES string of the molecule is O=C(NCCc1ccccc1)c1cnn2c1N[C@H](c1cccs1)C[C@@H]2C(F)(F)F. The molecule has 152 valence electrons. The van der Waals surface area contributed by atoms with Crippen LogP contribution in [-0.2, 0) is 6.42 Å². The summed E-state index contributed by atoms with van der Waals surface area (Å²) < 4.78 is 41.8. The number of rotatable bonds is 5. The van der Waals surface area contributed by atoms with E-state index < -0.39 is 24.2 Å². The van der Waals surface area contributed by atoms with Gasteiger partial charge in [-0.15, -0.1) is 11.3 Å². The molecular formula is C20H19F3N4OS. The monoisotopic (exact) mass is 420 g/mol. The molecule has 1 aromatic carbocycles. The maximum atomic E-state index is 13.6. The smallest absolute Gasteiger partial charge is 0.362 e. The van der Waals surface area contributed by atoms with Gasteiger partial charge in [0, 0.05) is 17.8 Å². The Morgan fingerprint density at radius 3 is 2.72 bits per heavy atom. The maximum absolute atomic E-state index is 13.6. The molecule has 0 aliphatic carbocycles. The Kier molecular flexibility index (Phi) is 5.31. The minimum atomic E-state index is -4.46. The molecule has 0 fully saturated rings. The van der Waals surface area contributed by atoms with Crippen molar-refractivity contribution in [2.45, 2.75) is 31.1 Å². The molecule has 5 nitrogen and oxygen atoms in total. The lowest BCUT2D eigenvalue weighted by Gasteiger charge is -2.33. The predicted octanol–water partition coefficient (Wildman–Crippen LogP) is 4.58. The van der Waals surface area contributed by atoms with Crippen molar-refractivity contribution in [3.05, 3.63) is 70.0 Å². The predicted molar refractivity (Wildman–Crippen MR) is 105 cm³/mol. The number of hydrogen-bond donors (Lipinski definition) is 2. The first-order valence-electron chi connectivity index (χ1n) is 9.20. The lowest BCUT2D eigenvalue weighted by atomic mass is 10.0. The molecule has 29 heavy (non-hydrogen) atoms. The molecule has 1 aliphatic rings. The van der Waals surface area contributed by atoms with Gasteiger partial charge in [-0.2, -0.15) is 18.3 Å². The first kappa shape index (κ1) is 19.5. The third-order valence-corrected chi connectivity index (χ3v) is 5.90. The third-order valence-electron chi connectivity index (χ3n) is 4.91. The molecule has 0 bridgehead atoms. The Morgan fingerprint density at radius 2 is 2.03 bits per heavy atom. The molecule has 3 heterocycles. The van der Waals surface area contributed by atoms with Crippen molar-refractivity contribution in [3.63, 3.8) is 0 Å². The summed E-state index contributed by atoms with van der Waals surface area (Å²) in [5.41, 5.74) is 1.19. The number of halogens is 3. The Bertz CT molecular complexity index is 970. The molecule has 2 aromatic heterocycles. The highest BCUT2D eigenvalue weighted by atomic mass is 32.1. The minimum Gasteiger partial charge on any atom is -0.362 e. The zero-order chi connectivity index (χ0) is 20.4. The van der Waals surface area contributed by atoms with Gasteiger partial charge in [-0.3, -0.25) is 4.79 Å². The van der Waals surface area contributed by atoms with Gasteiger partial charge < -0.3 is 10.6 Å². The van der Waals surface area contributed by atoms with E-state index in [9.17, 15) is 18.0 Å². The summed E-state index contributed by atoms with van der Waals surface area (Å²) >= 11 is 1.39. The molecular weight excluding hydrogens is 401 g/mol. The van der Waals surface area contributed by atoms with Gasteiger partial charge in [-0.05, 0) is 23.4 Å². The van der Waals surface area contributed by atoms with Crippen LogP contribution in [0.15, 0.2) is 54.0 Å². The summed E-state index contributed by atoms with van der Waals surface area (Å²) in [5, 5.41) is 11.6. The molecule has 0 saturated carbocycles. The number of benzene rings is 1. The number of carbonyl (C=O) groups excluding carboxylic acids is 1. The highest BCUT2D eigenvalue weighted by Gasteiger charge is 2.47. The highest BCUT2D eigenvalue weighted by Crippen LogP contribution is 2.44. The van der Waals surface area contributed by atoms with Crippen LogP contribution in [0.5, 0.6) is 0 Å². The summed E-state index contributed by atoms with van der Waals surface area (Å²) in [7, 11) is 0. The Balaban J connectivity index is 1.54. The summed E-state index contributed by atoms with van der Waals surface area (Å²) in [6, 6.07) is 10.9. The fraction of sp³-hybridized carbons (Fsp3) is 0.300. The number of aromatic nitrogens is 2. The topological polar surface area (TPSA) is 59.0 Å². The van der Waals surface area contributed by atoms with Crippen LogP contribution in [0.1, 0.15) is 39.3 Å². The normalized spacial score (nSPS) is 18.7. The zero-order valence-electron chi connectivity index (χ0n) is 15.3. The van der Waals surface area contributed by atoms with E-state index in [1.165, 1.54) is 17.5 Å². The standard InChI is InChI=1S/C20H19F3N4OS/c21-20(22,23)17-11-15(16-7-4-10-29-16)26-18-14(12-25-27(17)18)19(28)24-9-8-13-5-2-1-3-6-13/h1-7,10,12,15,17,26H,8-9,11H2,(H,24,28)/t15-,17+/m0/s1. The lowest BCUT2D eigenvalue weighted by molar-refractivity contribution is -0.173. The minimum absolute atomic E-state index is 0.106. The molecule has 9 heteroatoms. The van der Waals surface area contributed by atoms with E-state index in [4.69, 9.17) is 0 Å². The van der Waals surface area contributed by atoms with Gasteiger partial charge in [-0.1, -0.05) is 36.4 Å². The molecule has 0 saturated heterocycles. The van der Waals surface area contributed by atoms with Crippen LogP contribution >= 0.6 is 11.3 Å². The van der Waals surface area contributed by atoms with E-state index in [2.05, 4.69) is 15.7 Å². The van der Waals surface area contributed by atoms with Crippen LogP contribution in [0, 0.1) is 0 Å². The highest BCUT2D eigenvalue weighted by molar-refractivity contribution is 7.10. The van der Waals surface area contributed by atoms with Crippen LogP contribution in [0.3, 0.4) is 0 Å². The Morgan fingerprint density at radius 1 is 1.24 bits per heavy atom. The van der Waals surface area contributed by atoms with Crippen LogP contribution in [-0.4, -0.2) is 28.4 Å². The van der Waals surface area contributed by atoms with Gasteiger partial charge in [-0.25, -0.2) is 4.68 Å². The number of carbonyl (C=O) groups is 1. The Hall–Kier alpha value is -2.81. The van der Waals surface area contributed by atoms with Gasteiger partial charge in [0.2, 0.25) is 0 Å². The molecule has 1 amide bonds. The van der Waals surface area contributed by atoms with E-state index in [1.54, 1.807) is 12.1 Å². The van der Waals surface area contributed by atoms with Crippen LogP contribution in [0.25, 0.3) is 0 Å². The molecule has 3 aromatic rings. The van der Waals surface area contributed by atoms with Crippen molar-refractivity contribution in [1.82, 2.24) is 15.1 Å². The van der Waals surface area contributed by atoms with E-state index in [0.29, 0.717) is 13.0 Å². The first-order chi connectivity index (χ1) is 13.9. The van der Waals surface area contributed by atoms with Gasteiger partial charge >= 0.3 is 6.18 Å². The number of anilines is 1. The fourth-order valence-electron chi connectivity index (χ4n) is 3.47.